The molecule has 0 saturated heterocycles. The lowest BCUT2D eigenvalue weighted by Crippen LogP contribution is -2.39. The molecule has 9 aromatic rings. The van der Waals surface area contributed by atoms with Gasteiger partial charge in [0, 0.05) is 22.2 Å². The third-order valence-corrected chi connectivity index (χ3v) is 14.8. The molecule has 1 nitrogen and oxygen atoms in total. The molecular weight excluding hydrogens is 819 g/mol. The quantitative estimate of drug-likeness (QED) is 0.147. The number of anilines is 2. The lowest BCUT2D eigenvalue weighted by atomic mass is 9.76. The maximum absolute atomic E-state index is 2.54. The van der Waals surface area contributed by atoms with Gasteiger partial charge in [0.2, 0.25) is 0 Å². The fourth-order valence-electron chi connectivity index (χ4n) is 11.2. The van der Waals surface area contributed by atoms with Crippen molar-refractivity contribution in [3.63, 3.8) is 0 Å². The third-order valence-electron chi connectivity index (χ3n) is 14.8. The molecule has 0 saturated carbocycles. The molecule has 1 heteroatoms. The number of benzene rings is 9. The molecule has 2 aliphatic carbocycles. The minimum absolute atomic E-state index is 0.0000490. The summed E-state index contributed by atoms with van der Waals surface area (Å²) in [5, 5.41) is 0. The summed E-state index contributed by atoms with van der Waals surface area (Å²) in [4.78, 5) is 2.54. The van der Waals surface area contributed by atoms with Crippen molar-refractivity contribution in [3.8, 4) is 55.6 Å². The van der Waals surface area contributed by atoms with E-state index in [-0.39, 0.29) is 10.8 Å². The number of allylic oxidation sites excluding steroid dienone is 2. The van der Waals surface area contributed by atoms with E-state index in [0.717, 1.165) is 12.8 Å². The zero-order valence-electron chi connectivity index (χ0n) is 39.5. The summed E-state index contributed by atoms with van der Waals surface area (Å²) in [7, 11) is 0. The number of fused-ring (bicyclic) bond motifs is 6. The lowest BCUT2D eigenvalue weighted by molar-refractivity contribution is 0.550. The highest BCUT2D eigenvalue weighted by Crippen LogP contribution is 2.54. The van der Waals surface area contributed by atoms with Gasteiger partial charge in [-0.3, -0.25) is 0 Å². The Morgan fingerprint density at radius 1 is 0.412 bits per heavy atom. The Hall–Kier alpha value is -7.74. The van der Waals surface area contributed by atoms with Crippen molar-refractivity contribution >= 4 is 11.4 Å². The van der Waals surface area contributed by atoms with Gasteiger partial charge < -0.3 is 4.90 Å². The standard InChI is InChI=1S/C38H30.C29H27N/c1-3-14-30(15-4-1)33-19-12-21-35(28-33)36-22-8-7-18-32(36)26-25-29-13-11-20-34(27-29)38-24-10-9-23-37(38)31-16-5-2-6-17-31;1-19-12-14-21-22-15-13-20(18-25(22)28(2,3)24(21)17-19)30-26-10-6-5-9-23(26)29(4)16-8-7-11-27(29)30/h1-24,27-28H,25-26H2;5-18,27H,1-4H3. The molecule has 0 radical (unpaired) electrons. The van der Waals surface area contributed by atoms with E-state index in [1.165, 1.54) is 100 Å². The average Bonchev–Trinajstić information content (AvgIpc) is 3.79. The van der Waals surface area contributed by atoms with E-state index in [0.29, 0.717) is 6.04 Å². The van der Waals surface area contributed by atoms with Crippen LogP contribution in [0.3, 0.4) is 0 Å². The van der Waals surface area contributed by atoms with E-state index < -0.39 is 0 Å². The van der Waals surface area contributed by atoms with Crippen LogP contribution in [0, 0.1) is 6.92 Å². The van der Waals surface area contributed by atoms with Crippen molar-refractivity contribution in [3.05, 3.63) is 276 Å². The second-order valence-electron chi connectivity index (χ2n) is 19.5. The molecule has 0 spiro atoms. The summed E-state index contributed by atoms with van der Waals surface area (Å²) in [5.74, 6) is 0. The van der Waals surface area contributed by atoms with Crippen LogP contribution in [0.25, 0.3) is 55.6 Å². The van der Waals surface area contributed by atoms with Crippen LogP contribution >= 0.6 is 0 Å². The molecule has 1 aliphatic heterocycles. The van der Waals surface area contributed by atoms with E-state index >= 15 is 0 Å². The van der Waals surface area contributed by atoms with Crippen LogP contribution in [0.5, 0.6) is 0 Å². The van der Waals surface area contributed by atoms with Crippen LogP contribution in [0.15, 0.2) is 243 Å². The first-order valence-electron chi connectivity index (χ1n) is 24.2. The van der Waals surface area contributed by atoms with Crippen LogP contribution in [-0.4, -0.2) is 6.04 Å². The smallest absolute Gasteiger partial charge is 0.0655 e. The highest BCUT2D eigenvalue weighted by atomic mass is 15.2. The Bertz CT molecular complexity index is 3350. The van der Waals surface area contributed by atoms with Crippen LogP contribution in [0.4, 0.5) is 11.4 Å². The molecule has 0 fully saturated rings. The minimum Gasteiger partial charge on any atom is -0.333 e. The predicted octanol–water partition coefficient (Wildman–Crippen LogP) is 17.3. The fourth-order valence-corrected chi connectivity index (χ4v) is 11.2. The molecule has 0 amide bonds. The molecule has 330 valence electrons. The van der Waals surface area contributed by atoms with Gasteiger partial charge in [0.15, 0.2) is 0 Å². The number of nitrogens with zero attached hydrogens (tertiary/aromatic N) is 1. The van der Waals surface area contributed by atoms with Crippen molar-refractivity contribution in [1.82, 2.24) is 0 Å². The molecule has 2 atom stereocenters. The highest BCUT2D eigenvalue weighted by Gasteiger charge is 2.46. The Morgan fingerprint density at radius 3 is 1.78 bits per heavy atom. The molecular formula is C67H57N. The highest BCUT2D eigenvalue weighted by molar-refractivity contribution is 5.86. The summed E-state index contributed by atoms with van der Waals surface area (Å²) in [6.45, 7) is 9.29. The van der Waals surface area contributed by atoms with E-state index in [1.807, 2.05) is 0 Å². The molecule has 68 heavy (non-hydrogen) atoms. The van der Waals surface area contributed by atoms with Gasteiger partial charge in [0.05, 0.1) is 6.04 Å². The van der Waals surface area contributed by atoms with Crippen molar-refractivity contribution < 1.29 is 0 Å². The van der Waals surface area contributed by atoms with E-state index in [9.17, 15) is 0 Å². The van der Waals surface area contributed by atoms with E-state index in [1.54, 1.807) is 0 Å². The normalized spacial score (nSPS) is 16.8. The van der Waals surface area contributed by atoms with E-state index in [2.05, 4.69) is 275 Å². The first kappa shape index (κ1) is 42.9. The second kappa shape index (κ2) is 17.8. The summed E-state index contributed by atoms with van der Waals surface area (Å²) in [6.07, 6.45) is 11.1. The minimum atomic E-state index is -0.0000490. The molecule has 12 rings (SSSR count). The lowest BCUT2D eigenvalue weighted by Gasteiger charge is -2.35. The van der Waals surface area contributed by atoms with E-state index in [4.69, 9.17) is 0 Å². The Morgan fingerprint density at radius 2 is 1.00 bits per heavy atom. The van der Waals surface area contributed by atoms with Gasteiger partial charge in [0.25, 0.3) is 0 Å². The number of rotatable bonds is 8. The monoisotopic (exact) mass is 875 g/mol. The van der Waals surface area contributed by atoms with Gasteiger partial charge in [-0.1, -0.05) is 238 Å². The summed E-state index contributed by atoms with van der Waals surface area (Å²) in [5.41, 5.74) is 23.9. The Kier molecular flexibility index (Phi) is 11.2. The van der Waals surface area contributed by atoms with Gasteiger partial charge in [-0.25, -0.2) is 0 Å². The zero-order valence-corrected chi connectivity index (χ0v) is 39.5. The summed E-state index contributed by atoms with van der Waals surface area (Å²) < 4.78 is 0. The van der Waals surface area contributed by atoms with Crippen LogP contribution in [-0.2, 0) is 23.7 Å². The fraction of sp³-hybridized carbons (Fsp3) is 0.134. The molecule has 1 heterocycles. The van der Waals surface area contributed by atoms with Gasteiger partial charge in [-0.2, -0.15) is 0 Å². The predicted molar refractivity (Wildman–Crippen MR) is 289 cm³/mol. The number of hydrogen-bond donors (Lipinski definition) is 0. The third kappa shape index (κ3) is 7.82. The van der Waals surface area contributed by atoms with Gasteiger partial charge in [-0.05, 0) is 134 Å². The Labute approximate surface area is 403 Å². The largest absolute Gasteiger partial charge is 0.333 e. The second-order valence-corrected chi connectivity index (χ2v) is 19.5. The average molecular weight is 876 g/mol. The van der Waals surface area contributed by atoms with Crippen molar-refractivity contribution in [2.24, 2.45) is 0 Å². The molecule has 0 bridgehead atoms. The molecule has 9 aromatic carbocycles. The van der Waals surface area contributed by atoms with Crippen LogP contribution in [0.1, 0.15) is 54.2 Å². The van der Waals surface area contributed by atoms with Crippen molar-refractivity contribution in [1.29, 1.82) is 0 Å². The first-order valence-corrected chi connectivity index (χ1v) is 24.2. The maximum atomic E-state index is 2.54. The molecule has 2 unspecified atom stereocenters. The van der Waals surface area contributed by atoms with Crippen LogP contribution < -0.4 is 4.90 Å². The summed E-state index contributed by atoms with van der Waals surface area (Å²) >= 11 is 0. The number of hydrogen-bond acceptors (Lipinski definition) is 1. The van der Waals surface area contributed by atoms with Crippen molar-refractivity contribution in [2.45, 2.75) is 57.4 Å². The molecule has 0 N–H and O–H groups in total. The van der Waals surface area contributed by atoms with Gasteiger partial charge in [-0.15, -0.1) is 0 Å². The van der Waals surface area contributed by atoms with Crippen LogP contribution in [0.2, 0.25) is 0 Å². The number of aryl methyl sites for hydroxylation is 3. The van der Waals surface area contributed by atoms with Gasteiger partial charge >= 0.3 is 0 Å². The van der Waals surface area contributed by atoms with Crippen molar-refractivity contribution in [2.75, 3.05) is 4.90 Å². The maximum Gasteiger partial charge on any atom is 0.0655 e. The Balaban J connectivity index is 0.000000153. The molecule has 3 aliphatic rings. The number of para-hydroxylation sites is 1. The topological polar surface area (TPSA) is 3.24 Å². The first-order chi connectivity index (χ1) is 33.3. The summed E-state index contributed by atoms with van der Waals surface area (Å²) in [6, 6.07) is 80.0. The van der Waals surface area contributed by atoms with Gasteiger partial charge in [0.1, 0.15) is 0 Å². The zero-order chi connectivity index (χ0) is 46.2. The SMILES string of the molecule is Cc1ccc2c(c1)C(C)(C)c1cc(N3c4ccccc4C4(C)C=CC=CC34)ccc1-2.c1ccc(-c2cccc(-c3ccccc3CCc3cccc(-c4ccccc4-c4ccccc4)c3)c2)cc1. The molecule has 0 aromatic heterocycles.